The highest BCUT2D eigenvalue weighted by Gasteiger charge is 2.33. The van der Waals surface area contributed by atoms with E-state index in [2.05, 4.69) is 32.3 Å². The minimum Gasteiger partial charge on any atom is -0.367 e. The zero-order chi connectivity index (χ0) is 23.8. The molecule has 0 atom stereocenters. The van der Waals surface area contributed by atoms with Crippen LogP contribution in [-0.4, -0.2) is 32.9 Å². The van der Waals surface area contributed by atoms with Gasteiger partial charge in [-0.2, -0.15) is 0 Å². The Labute approximate surface area is 206 Å². The van der Waals surface area contributed by atoms with Crippen molar-refractivity contribution in [3.8, 4) is 11.1 Å². The highest BCUT2D eigenvalue weighted by Crippen LogP contribution is 2.34. The molecule has 5 nitrogen and oxygen atoms in total. The molecule has 6 rings (SSSR count). The lowest BCUT2D eigenvalue weighted by molar-refractivity contribution is -0.133. The van der Waals surface area contributed by atoms with Crippen molar-refractivity contribution in [1.29, 1.82) is 0 Å². The van der Waals surface area contributed by atoms with E-state index in [9.17, 15) is 4.79 Å². The second-order valence-corrected chi connectivity index (χ2v) is 10.7. The molecule has 182 valence electrons. The van der Waals surface area contributed by atoms with Gasteiger partial charge in [-0.1, -0.05) is 37.5 Å². The summed E-state index contributed by atoms with van der Waals surface area (Å²) in [6.45, 7) is 0.623. The molecule has 0 unspecified atom stereocenters. The Morgan fingerprint density at radius 1 is 0.971 bits per heavy atom. The van der Waals surface area contributed by atoms with Gasteiger partial charge in [-0.3, -0.25) is 4.79 Å². The van der Waals surface area contributed by atoms with Crippen molar-refractivity contribution in [3.05, 3.63) is 54.1 Å². The first kappa shape index (κ1) is 22.4. The summed E-state index contributed by atoms with van der Waals surface area (Å²) in [4.78, 5) is 23.9. The summed E-state index contributed by atoms with van der Waals surface area (Å²) in [5.74, 6) is 1.20. The van der Waals surface area contributed by atoms with E-state index in [-0.39, 0.29) is 5.82 Å². The summed E-state index contributed by atoms with van der Waals surface area (Å²) >= 11 is 0. The number of nitrogens with one attached hydrogen (secondary N) is 1. The summed E-state index contributed by atoms with van der Waals surface area (Å²) in [7, 11) is 0. The first-order valence-electron chi connectivity index (χ1n) is 13.2. The van der Waals surface area contributed by atoms with Crippen molar-refractivity contribution >= 4 is 22.6 Å². The summed E-state index contributed by atoms with van der Waals surface area (Å²) < 4.78 is 15.0. The largest absolute Gasteiger partial charge is 0.367 e. The minimum absolute atomic E-state index is 0.300. The van der Waals surface area contributed by atoms with Crippen molar-refractivity contribution in [1.82, 2.24) is 14.9 Å². The van der Waals surface area contributed by atoms with Gasteiger partial charge < -0.3 is 10.2 Å². The van der Waals surface area contributed by atoms with Crippen LogP contribution in [0.1, 0.15) is 69.8 Å². The third-order valence-corrected chi connectivity index (χ3v) is 7.72. The second kappa shape index (κ2) is 9.56. The van der Waals surface area contributed by atoms with E-state index in [1.165, 1.54) is 38.4 Å². The fourth-order valence-electron chi connectivity index (χ4n) is 5.44. The third-order valence-electron chi connectivity index (χ3n) is 7.72. The highest BCUT2D eigenvalue weighted by molar-refractivity contribution is 5.93. The number of anilines is 1. The minimum atomic E-state index is -0.341. The Balaban J connectivity index is 1.25. The van der Waals surface area contributed by atoms with Gasteiger partial charge in [0.2, 0.25) is 5.91 Å². The molecule has 3 saturated carbocycles. The van der Waals surface area contributed by atoms with Crippen molar-refractivity contribution in [2.24, 2.45) is 5.92 Å². The average Bonchev–Trinajstić information content (AvgIpc) is 3.79. The van der Waals surface area contributed by atoms with Gasteiger partial charge in [-0.05, 0) is 79.3 Å². The predicted molar refractivity (Wildman–Crippen MR) is 136 cm³/mol. The van der Waals surface area contributed by atoms with Crippen LogP contribution >= 0.6 is 0 Å². The molecule has 0 spiro atoms. The van der Waals surface area contributed by atoms with Gasteiger partial charge >= 0.3 is 0 Å². The topological polar surface area (TPSA) is 58.1 Å². The standard InChI is InChI=1S/C29H33FN4O/c30-26-16-22(15-25-28(26)31-18-32-29(25)33-23-9-10-23)21-8-4-7-20(13-21)17-34(24-11-12-24)27(35)14-19-5-2-1-3-6-19/h4,7-8,13,15-16,18-19,23-24H,1-3,5-6,9-12,14,17H2,(H,31,32,33). The Morgan fingerprint density at radius 2 is 1.80 bits per heavy atom. The van der Waals surface area contributed by atoms with Crippen LogP contribution in [0.5, 0.6) is 0 Å². The molecule has 3 aliphatic rings. The molecule has 0 radical (unpaired) electrons. The zero-order valence-corrected chi connectivity index (χ0v) is 20.2. The van der Waals surface area contributed by atoms with Gasteiger partial charge in [0.05, 0.1) is 0 Å². The number of hydrogen-bond acceptors (Lipinski definition) is 4. The maximum atomic E-state index is 15.0. The van der Waals surface area contributed by atoms with Gasteiger partial charge in [-0.25, -0.2) is 14.4 Å². The average molecular weight is 473 g/mol. The normalized spacial score (nSPS) is 18.5. The highest BCUT2D eigenvalue weighted by atomic mass is 19.1. The maximum Gasteiger partial charge on any atom is 0.223 e. The van der Waals surface area contributed by atoms with Gasteiger partial charge in [0.15, 0.2) is 0 Å². The second-order valence-electron chi connectivity index (χ2n) is 10.7. The first-order chi connectivity index (χ1) is 17.1. The Morgan fingerprint density at radius 3 is 2.57 bits per heavy atom. The zero-order valence-electron chi connectivity index (χ0n) is 20.2. The fourth-order valence-corrected chi connectivity index (χ4v) is 5.44. The molecule has 3 aromatic rings. The fraction of sp³-hybridized carbons (Fsp3) is 0.483. The Bertz CT molecular complexity index is 1230. The molecular weight excluding hydrogens is 439 g/mol. The molecule has 3 fully saturated rings. The van der Waals surface area contributed by atoms with Crippen LogP contribution in [0.4, 0.5) is 10.2 Å². The number of amides is 1. The molecule has 0 aliphatic heterocycles. The number of carbonyl (C=O) groups is 1. The molecule has 1 aromatic heterocycles. The van der Waals surface area contributed by atoms with E-state index >= 15 is 4.39 Å². The van der Waals surface area contributed by atoms with E-state index in [1.54, 1.807) is 6.07 Å². The van der Waals surface area contributed by atoms with Gasteiger partial charge in [0.1, 0.15) is 23.5 Å². The smallest absolute Gasteiger partial charge is 0.223 e. The third kappa shape index (κ3) is 5.16. The number of nitrogens with zero attached hydrogens (tertiary/aromatic N) is 3. The van der Waals surface area contributed by atoms with Gasteiger partial charge in [-0.15, -0.1) is 0 Å². The Hall–Kier alpha value is -3.02. The van der Waals surface area contributed by atoms with Gasteiger partial charge in [0, 0.05) is 30.4 Å². The van der Waals surface area contributed by atoms with Gasteiger partial charge in [0.25, 0.3) is 0 Å². The summed E-state index contributed by atoms with van der Waals surface area (Å²) in [6, 6.07) is 12.5. The van der Waals surface area contributed by atoms with E-state index in [0.29, 0.717) is 53.6 Å². The van der Waals surface area contributed by atoms with Crippen LogP contribution in [0.2, 0.25) is 0 Å². The van der Waals surface area contributed by atoms with E-state index in [4.69, 9.17) is 0 Å². The number of benzene rings is 2. The predicted octanol–water partition coefficient (Wildman–Crippen LogP) is 6.47. The molecule has 2 aromatic carbocycles. The number of carbonyl (C=O) groups excluding carboxylic acids is 1. The molecule has 1 N–H and O–H groups in total. The van der Waals surface area contributed by atoms with Crippen molar-refractivity contribution < 1.29 is 9.18 Å². The van der Waals surface area contributed by atoms with Crippen LogP contribution in [-0.2, 0) is 11.3 Å². The molecule has 3 aliphatic carbocycles. The molecule has 35 heavy (non-hydrogen) atoms. The number of rotatable bonds is 8. The quantitative estimate of drug-likeness (QED) is 0.408. The summed E-state index contributed by atoms with van der Waals surface area (Å²) in [6.07, 6.45) is 12.7. The number of hydrogen-bond donors (Lipinski definition) is 1. The van der Waals surface area contributed by atoms with Crippen LogP contribution in [0.25, 0.3) is 22.0 Å². The summed E-state index contributed by atoms with van der Waals surface area (Å²) in [5, 5.41) is 4.12. The van der Waals surface area contributed by atoms with Crippen molar-refractivity contribution in [2.75, 3.05) is 5.32 Å². The lowest BCUT2D eigenvalue weighted by Gasteiger charge is -2.27. The van der Waals surface area contributed by atoms with Crippen LogP contribution in [0.15, 0.2) is 42.7 Å². The van der Waals surface area contributed by atoms with Crippen LogP contribution in [0.3, 0.4) is 0 Å². The molecular formula is C29H33FN4O. The maximum absolute atomic E-state index is 15.0. The number of halogens is 1. The van der Waals surface area contributed by atoms with E-state index < -0.39 is 0 Å². The SMILES string of the molecule is O=C(CC1CCCCC1)N(Cc1cccc(-c2cc(F)c3ncnc(NC4CC4)c3c2)c1)C1CC1. The summed E-state index contributed by atoms with van der Waals surface area (Å²) in [5.41, 5.74) is 3.18. The molecule has 1 amide bonds. The lowest BCUT2D eigenvalue weighted by atomic mass is 9.86. The molecule has 0 saturated heterocycles. The first-order valence-corrected chi connectivity index (χ1v) is 13.2. The van der Waals surface area contributed by atoms with E-state index in [0.717, 1.165) is 42.4 Å². The van der Waals surface area contributed by atoms with Crippen molar-refractivity contribution in [3.63, 3.8) is 0 Å². The monoisotopic (exact) mass is 472 g/mol. The number of fused-ring (bicyclic) bond motifs is 1. The van der Waals surface area contributed by atoms with E-state index in [1.807, 2.05) is 18.2 Å². The Kier molecular flexibility index (Phi) is 6.13. The lowest BCUT2D eigenvalue weighted by Crippen LogP contribution is -2.34. The number of aromatic nitrogens is 2. The van der Waals surface area contributed by atoms with Crippen molar-refractivity contribution in [2.45, 2.75) is 82.8 Å². The molecule has 1 heterocycles. The van der Waals surface area contributed by atoms with Crippen LogP contribution < -0.4 is 5.32 Å². The van der Waals surface area contributed by atoms with Crippen LogP contribution in [0, 0.1) is 11.7 Å². The molecule has 0 bridgehead atoms. The molecule has 6 heteroatoms.